The van der Waals surface area contributed by atoms with E-state index in [9.17, 15) is 0 Å². The smallest absolute Gasteiger partial charge is 0.0741 e. The molecule has 0 atom stereocenters. The van der Waals surface area contributed by atoms with Gasteiger partial charge in [0.15, 0.2) is 0 Å². The first kappa shape index (κ1) is 13.2. The molecule has 0 aliphatic rings. The Morgan fingerprint density at radius 1 is 1.17 bits per heavy atom. The fourth-order valence-corrected chi connectivity index (χ4v) is 2.24. The van der Waals surface area contributed by atoms with Crippen LogP contribution in [0.2, 0.25) is 5.02 Å². The molecule has 0 aliphatic heterocycles. The third-order valence-electron chi connectivity index (χ3n) is 2.77. The molecule has 0 saturated carbocycles. The lowest BCUT2D eigenvalue weighted by Gasteiger charge is -2.21. The van der Waals surface area contributed by atoms with Crippen molar-refractivity contribution in [3.8, 4) is 0 Å². The van der Waals surface area contributed by atoms with Gasteiger partial charge in [0, 0.05) is 18.1 Å². The van der Waals surface area contributed by atoms with E-state index in [1.807, 2.05) is 31.3 Å². The topological polar surface area (TPSA) is 29.3 Å². The van der Waals surface area contributed by atoms with Crippen LogP contribution < -0.4 is 10.6 Å². The number of nitrogen functional groups attached to an aromatic ring is 1. The zero-order valence-corrected chi connectivity index (χ0v) is 12.4. The number of para-hydroxylation sites is 1. The molecule has 2 aromatic carbocycles. The number of benzene rings is 2. The largest absolute Gasteiger partial charge is 0.396 e. The quantitative estimate of drug-likeness (QED) is 0.852. The van der Waals surface area contributed by atoms with Crippen molar-refractivity contribution in [1.29, 1.82) is 0 Å². The van der Waals surface area contributed by atoms with E-state index in [0.717, 1.165) is 16.7 Å². The summed E-state index contributed by atoms with van der Waals surface area (Å²) in [5.74, 6) is 0. The van der Waals surface area contributed by atoms with Gasteiger partial charge in [-0.2, -0.15) is 0 Å². The molecule has 0 spiro atoms. The molecule has 18 heavy (non-hydrogen) atoms. The Labute approximate surface area is 120 Å². The third-order valence-corrected chi connectivity index (χ3v) is 3.63. The lowest BCUT2D eigenvalue weighted by molar-refractivity contribution is 0.924. The van der Waals surface area contributed by atoms with Gasteiger partial charge >= 0.3 is 0 Å². The molecule has 0 saturated heterocycles. The van der Waals surface area contributed by atoms with Crippen molar-refractivity contribution in [2.45, 2.75) is 6.54 Å². The molecule has 2 rings (SSSR count). The molecule has 2 N–H and O–H groups in total. The van der Waals surface area contributed by atoms with Crippen LogP contribution >= 0.6 is 27.5 Å². The summed E-state index contributed by atoms with van der Waals surface area (Å²) in [7, 11) is 2.00. The molecule has 0 aromatic heterocycles. The fraction of sp³-hybridized carbons (Fsp3) is 0.143. The van der Waals surface area contributed by atoms with E-state index in [0.29, 0.717) is 10.7 Å². The van der Waals surface area contributed by atoms with E-state index in [1.165, 1.54) is 5.56 Å². The van der Waals surface area contributed by atoms with Gasteiger partial charge in [0.1, 0.15) is 0 Å². The maximum Gasteiger partial charge on any atom is 0.0741 e. The summed E-state index contributed by atoms with van der Waals surface area (Å²) in [5.41, 5.74) is 8.78. The Kier molecular flexibility index (Phi) is 4.15. The fourth-order valence-electron chi connectivity index (χ4n) is 1.81. The Hall–Kier alpha value is -1.19. The molecule has 0 unspecified atom stereocenters. The standard InChI is InChI=1S/C14H14BrClN2/c1-18(9-10-5-7-11(15)8-6-10)13-4-2-3-12(16)14(13)17/h2-8H,9,17H2,1H3. The third kappa shape index (κ3) is 2.98. The summed E-state index contributed by atoms with van der Waals surface area (Å²) < 4.78 is 1.08. The molecule has 0 bridgehead atoms. The molecular formula is C14H14BrClN2. The zero-order valence-electron chi connectivity index (χ0n) is 10.0. The minimum absolute atomic E-state index is 0.593. The minimum Gasteiger partial charge on any atom is -0.396 e. The number of nitrogens with two attached hydrogens (primary N) is 1. The second-order valence-electron chi connectivity index (χ2n) is 4.16. The van der Waals surface area contributed by atoms with Gasteiger partial charge in [-0.15, -0.1) is 0 Å². The van der Waals surface area contributed by atoms with Gasteiger partial charge in [0.25, 0.3) is 0 Å². The summed E-state index contributed by atoms with van der Waals surface area (Å²) in [5, 5.41) is 0.593. The maximum absolute atomic E-state index is 6.02. The van der Waals surface area contributed by atoms with E-state index in [-0.39, 0.29) is 0 Å². The molecule has 2 aromatic rings. The van der Waals surface area contributed by atoms with Gasteiger partial charge in [0.2, 0.25) is 0 Å². The maximum atomic E-state index is 6.02. The highest BCUT2D eigenvalue weighted by Crippen LogP contribution is 2.30. The van der Waals surface area contributed by atoms with Crippen molar-refractivity contribution in [2.24, 2.45) is 0 Å². The second-order valence-corrected chi connectivity index (χ2v) is 5.48. The first-order valence-corrected chi connectivity index (χ1v) is 6.74. The lowest BCUT2D eigenvalue weighted by atomic mass is 10.2. The summed E-state index contributed by atoms with van der Waals surface area (Å²) in [6.45, 7) is 0.790. The first-order valence-electron chi connectivity index (χ1n) is 5.57. The predicted molar refractivity (Wildman–Crippen MR) is 82.1 cm³/mol. The van der Waals surface area contributed by atoms with Crippen molar-refractivity contribution in [1.82, 2.24) is 0 Å². The number of nitrogens with zero attached hydrogens (tertiary/aromatic N) is 1. The normalized spacial score (nSPS) is 10.4. The number of hydrogen-bond donors (Lipinski definition) is 1. The Morgan fingerprint density at radius 2 is 1.83 bits per heavy atom. The van der Waals surface area contributed by atoms with Crippen molar-refractivity contribution >= 4 is 38.9 Å². The van der Waals surface area contributed by atoms with Crippen LogP contribution in [-0.2, 0) is 6.54 Å². The molecule has 0 fully saturated rings. The van der Waals surface area contributed by atoms with Crippen molar-refractivity contribution in [3.05, 3.63) is 57.5 Å². The van der Waals surface area contributed by atoms with Crippen LogP contribution in [0.15, 0.2) is 46.9 Å². The van der Waals surface area contributed by atoms with E-state index in [4.69, 9.17) is 17.3 Å². The zero-order chi connectivity index (χ0) is 13.1. The monoisotopic (exact) mass is 324 g/mol. The van der Waals surface area contributed by atoms with Crippen molar-refractivity contribution in [3.63, 3.8) is 0 Å². The molecular weight excluding hydrogens is 312 g/mol. The molecule has 0 radical (unpaired) electrons. The van der Waals surface area contributed by atoms with Crippen molar-refractivity contribution < 1.29 is 0 Å². The van der Waals surface area contributed by atoms with Crippen LogP contribution in [0.25, 0.3) is 0 Å². The minimum atomic E-state index is 0.593. The van der Waals surface area contributed by atoms with E-state index < -0.39 is 0 Å². The van der Waals surface area contributed by atoms with Crippen LogP contribution in [0.3, 0.4) is 0 Å². The van der Waals surface area contributed by atoms with Gasteiger partial charge < -0.3 is 10.6 Å². The highest BCUT2D eigenvalue weighted by Gasteiger charge is 2.08. The first-order chi connectivity index (χ1) is 8.58. The summed E-state index contributed by atoms with van der Waals surface area (Å²) in [6, 6.07) is 13.9. The summed E-state index contributed by atoms with van der Waals surface area (Å²) in [6.07, 6.45) is 0. The summed E-state index contributed by atoms with van der Waals surface area (Å²) >= 11 is 9.45. The van der Waals surface area contributed by atoms with Crippen LogP contribution in [0.4, 0.5) is 11.4 Å². The SMILES string of the molecule is CN(Cc1ccc(Br)cc1)c1cccc(Cl)c1N. The number of rotatable bonds is 3. The molecule has 0 heterocycles. The highest BCUT2D eigenvalue weighted by atomic mass is 79.9. The Bertz CT molecular complexity index is 540. The number of hydrogen-bond acceptors (Lipinski definition) is 2. The highest BCUT2D eigenvalue weighted by molar-refractivity contribution is 9.10. The lowest BCUT2D eigenvalue weighted by Crippen LogP contribution is -2.17. The average Bonchev–Trinajstić information content (AvgIpc) is 2.35. The van der Waals surface area contributed by atoms with Gasteiger partial charge in [-0.1, -0.05) is 45.7 Å². The Balaban J connectivity index is 2.19. The van der Waals surface area contributed by atoms with Crippen LogP contribution in [0.1, 0.15) is 5.56 Å². The van der Waals surface area contributed by atoms with Crippen LogP contribution in [0, 0.1) is 0 Å². The number of halogens is 2. The van der Waals surface area contributed by atoms with E-state index in [1.54, 1.807) is 6.07 Å². The van der Waals surface area contributed by atoms with Crippen LogP contribution in [-0.4, -0.2) is 7.05 Å². The van der Waals surface area contributed by atoms with E-state index in [2.05, 4.69) is 33.0 Å². The molecule has 2 nitrogen and oxygen atoms in total. The van der Waals surface area contributed by atoms with Gasteiger partial charge in [-0.05, 0) is 29.8 Å². The van der Waals surface area contributed by atoms with E-state index >= 15 is 0 Å². The van der Waals surface area contributed by atoms with Gasteiger partial charge in [-0.3, -0.25) is 0 Å². The molecule has 0 amide bonds. The molecule has 0 aliphatic carbocycles. The number of anilines is 2. The van der Waals surface area contributed by atoms with Gasteiger partial charge in [-0.25, -0.2) is 0 Å². The van der Waals surface area contributed by atoms with Crippen molar-refractivity contribution in [2.75, 3.05) is 17.7 Å². The average molecular weight is 326 g/mol. The summed E-state index contributed by atoms with van der Waals surface area (Å²) in [4.78, 5) is 2.09. The van der Waals surface area contributed by atoms with Gasteiger partial charge in [0.05, 0.1) is 16.4 Å². The van der Waals surface area contributed by atoms with Crippen LogP contribution in [0.5, 0.6) is 0 Å². The second kappa shape index (κ2) is 5.63. The Morgan fingerprint density at radius 3 is 2.50 bits per heavy atom. The predicted octanol–water partition coefficient (Wildman–Crippen LogP) is 4.32. The molecule has 4 heteroatoms. The molecule has 94 valence electrons.